The number of hydrogen-bond acceptors (Lipinski definition) is 4. The van der Waals surface area contributed by atoms with E-state index < -0.39 is 0 Å². The SMILES string of the molecule is Cc1ccccc1N=C1NC(=O)/C(=C\c2ccc3c(c2)C(C)CC(C)(C)N3C)S1. The predicted octanol–water partition coefficient (Wildman–Crippen LogP) is 5.61. The van der Waals surface area contributed by atoms with E-state index in [-0.39, 0.29) is 11.4 Å². The summed E-state index contributed by atoms with van der Waals surface area (Å²) in [5.74, 6) is 0.393. The normalized spacial score (nSPS) is 23.4. The molecular formula is C24H27N3OS. The van der Waals surface area contributed by atoms with Crippen LogP contribution in [0.15, 0.2) is 52.4 Å². The van der Waals surface area contributed by atoms with Crippen molar-refractivity contribution in [2.24, 2.45) is 4.99 Å². The third-order valence-corrected chi connectivity index (χ3v) is 6.85. The molecule has 4 rings (SSSR count). The Hall–Kier alpha value is -2.53. The first kappa shape index (κ1) is 19.8. The van der Waals surface area contributed by atoms with Crippen LogP contribution >= 0.6 is 11.8 Å². The maximum atomic E-state index is 12.5. The van der Waals surface area contributed by atoms with Crippen LogP contribution in [0.3, 0.4) is 0 Å². The molecule has 1 N–H and O–H groups in total. The van der Waals surface area contributed by atoms with Crippen LogP contribution < -0.4 is 10.2 Å². The molecule has 29 heavy (non-hydrogen) atoms. The van der Waals surface area contributed by atoms with E-state index in [4.69, 9.17) is 0 Å². The topological polar surface area (TPSA) is 44.7 Å². The Morgan fingerprint density at radius 3 is 2.76 bits per heavy atom. The summed E-state index contributed by atoms with van der Waals surface area (Å²) in [7, 11) is 2.16. The van der Waals surface area contributed by atoms with Gasteiger partial charge in [0.1, 0.15) is 0 Å². The number of carbonyl (C=O) groups excluding carboxylic acids is 1. The van der Waals surface area contributed by atoms with Gasteiger partial charge in [-0.15, -0.1) is 0 Å². The molecule has 1 atom stereocenters. The van der Waals surface area contributed by atoms with Crippen molar-refractivity contribution in [1.29, 1.82) is 0 Å². The summed E-state index contributed by atoms with van der Waals surface area (Å²) in [6, 6.07) is 14.4. The summed E-state index contributed by atoms with van der Waals surface area (Å²) in [5, 5.41) is 3.51. The van der Waals surface area contributed by atoms with Crippen LogP contribution in [0, 0.1) is 6.92 Å². The molecule has 2 aromatic carbocycles. The monoisotopic (exact) mass is 405 g/mol. The molecule has 2 heterocycles. The average molecular weight is 406 g/mol. The molecule has 4 nitrogen and oxygen atoms in total. The van der Waals surface area contributed by atoms with Crippen molar-refractivity contribution in [2.75, 3.05) is 11.9 Å². The van der Waals surface area contributed by atoms with Gasteiger partial charge < -0.3 is 10.2 Å². The van der Waals surface area contributed by atoms with Gasteiger partial charge >= 0.3 is 0 Å². The summed E-state index contributed by atoms with van der Waals surface area (Å²) in [6.45, 7) is 8.88. The zero-order chi connectivity index (χ0) is 20.8. The highest BCUT2D eigenvalue weighted by atomic mass is 32.2. The first-order chi connectivity index (χ1) is 13.7. The second-order valence-electron chi connectivity index (χ2n) is 8.56. The number of nitrogens with zero attached hydrogens (tertiary/aromatic N) is 2. The number of hydrogen-bond donors (Lipinski definition) is 1. The molecule has 0 aliphatic carbocycles. The molecule has 1 amide bonds. The number of amidine groups is 1. The lowest BCUT2D eigenvalue weighted by atomic mass is 9.80. The third kappa shape index (κ3) is 3.84. The minimum Gasteiger partial charge on any atom is -0.369 e. The van der Waals surface area contributed by atoms with E-state index >= 15 is 0 Å². The molecule has 0 aromatic heterocycles. The zero-order valence-electron chi connectivity index (χ0n) is 17.6. The average Bonchev–Trinajstić information content (AvgIpc) is 3.00. The van der Waals surface area contributed by atoms with Gasteiger partial charge in [-0.1, -0.05) is 31.2 Å². The number of aryl methyl sites for hydroxylation is 1. The molecular weight excluding hydrogens is 378 g/mol. The van der Waals surface area contributed by atoms with Crippen molar-refractivity contribution in [3.8, 4) is 0 Å². The van der Waals surface area contributed by atoms with Crippen LogP contribution in [-0.4, -0.2) is 23.7 Å². The Balaban J connectivity index is 1.61. The minimum atomic E-state index is -0.0913. The summed E-state index contributed by atoms with van der Waals surface area (Å²) < 4.78 is 0. The lowest BCUT2D eigenvalue weighted by Crippen LogP contribution is -2.45. The van der Waals surface area contributed by atoms with E-state index in [9.17, 15) is 4.79 Å². The highest BCUT2D eigenvalue weighted by molar-refractivity contribution is 8.18. The fourth-order valence-corrected chi connectivity index (χ4v) is 4.95. The zero-order valence-corrected chi connectivity index (χ0v) is 18.4. The first-order valence-corrected chi connectivity index (χ1v) is 10.8. The van der Waals surface area contributed by atoms with Gasteiger partial charge in [0.05, 0.1) is 10.6 Å². The van der Waals surface area contributed by atoms with E-state index in [0.29, 0.717) is 16.0 Å². The summed E-state index contributed by atoms with van der Waals surface area (Å²) in [6.07, 6.45) is 3.08. The molecule has 1 unspecified atom stereocenters. The Labute approximate surface area is 177 Å². The summed E-state index contributed by atoms with van der Waals surface area (Å²) >= 11 is 1.40. The fraction of sp³-hybridized carbons (Fsp3) is 0.333. The molecule has 1 fully saturated rings. The van der Waals surface area contributed by atoms with Crippen molar-refractivity contribution in [3.63, 3.8) is 0 Å². The quantitative estimate of drug-likeness (QED) is 0.661. The molecule has 150 valence electrons. The van der Waals surface area contributed by atoms with Gasteiger partial charge in [0.2, 0.25) is 0 Å². The van der Waals surface area contributed by atoms with Gasteiger partial charge in [0.25, 0.3) is 5.91 Å². The van der Waals surface area contributed by atoms with Crippen LogP contribution in [0.4, 0.5) is 11.4 Å². The number of rotatable bonds is 2. The van der Waals surface area contributed by atoms with Crippen molar-refractivity contribution >= 4 is 40.3 Å². The van der Waals surface area contributed by atoms with Crippen LogP contribution in [0.2, 0.25) is 0 Å². The van der Waals surface area contributed by atoms with Crippen molar-refractivity contribution in [3.05, 3.63) is 64.1 Å². The van der Waals surface area contributed by atoms with Crippen LogP contribution in [0.1, 0.15) is 49.8 Å². The number of aliphatic imine (C=N–C) groups is 1. The Kier molecular flexibility index (Phi) is 5.03. The Morgan fingerprint density at radius 2 is 2.00 bits per heavy atom. The van der Waals surface area contributed by atoms with Crippen molar-refractivity contribution in [1.82, 2.24) is 5.32 Å². The number of thioether (sulfide) groups is 1. The molecule has 5 heteroatoms. The molecule has 1 saturated heterocycles. The van der Waals surface area contributed by atoms with Crippen molar-refractivity contribution in [2.45, 2.75) is 45.6 Å². The van der Waals surface area contributed by atoms with Crippen LogP contribution in [0.5, 0.6) is 0 Å². The number of fused-ring (bicyclic) bond motifs is 1. The smallest absolute Gasteiger partial charge is 0.264 e. The molecule has 2 aliphatic rings. The lowest BCUT2D eigenvalue weighted by Gasteiger charge is -2.45. The maximum Gasteiger partial charge on any atom is 0.264 e. The van der Waals surface area contributed by atoms with E-state index in [1.54, 1.807) is 0 Å². The maximum absolute atomic E-state index is 12.5. The first-order valence-electron chi connectivity index (χ1n) is 9.97. The van der Waals surface area contributed by atoms with Gasteiger partial charge in [-0.2, -0.15) is 0 Å². The fourth-order valence-electron chi connectivity index (χ4n) is 4.12. The summed E-state index contributed by atoms with van der Waals surface area (Å²) in [4.78, 5) is 20.1. The number of amides is 1. The molecule has 0 saturated carbocycles. The molecule has 2 aliphatic heterocycles. The summed E-state index contributed by atoms with van der Waals surface area (Å²) in [5.41, 5.74) is 5.79. The van der Waals surface area contributed by atoms with E-state index in [1.165, 1.54) is 23.0 Å². The Bertz CT molecular complexity index is 1040. The molecule has 0 spiro atoms. The number of carbonyl (C=O) groups is 1. The second-order valence-corrected chi connectivity index (χ2v) is 9.59. The standard InChI is InChI=1S/C24H27N3OS/c1-15-8-6-7-9-19(15)25-23-26-22(28)21(29-23)13-17-10-11-20-18(12-17)16(2)14-24(3,4)27(20)5/h6-13,16H,14H2,1-5H3,(H,25,26,28)/b21-13+. The van der Waals surface area contributed by atoms with E-state index in [1.807, 2.05) is 37.3 Å². The van der Waals surface area contributed by atoms with Crippen LogP contribution in [-0.2, 0) is 4.79 Å². The number of benzene rings is 2. The Morgan fingerprint density at radius 1 is 1.24 bits per heavy atom. The predicted molar refractivity (Wildman–Crippen MR) is 124 cm³/mol. The number of nitrogens with one attached hydrogen (secondary N) is 1. The molecule has 2 aromatic rings. The van der Waals surface area contributed by atoms with Gasteiger partial charge in [0.15, 0.2) is 5.17 Å². The van der Waals surface area contributed by atoms with Gasteiger partial charge in [-0.3, -0.25) is 4.79 Å². The van der Waals surface area contributed by atoms with E-state index in [2.05, 4.69) is 61.2 Å². The second kappa shape index (κ2) is 7.38. The molecule has 0 radical (unpaired) electrons. The highest BCUT2D eigenvalue weighted by Crippen LogP contribution is 2.43. The van der Waals surface area contributed by atoms with E-state index in [0.717, 1.165) is 23.2 Å². The van der Waals surface area contributed by atoms with Crippen molar-refractivity contribution < 1.29 is 4.79 Å². The third-order valence-electron chi connectivity index (χ3n) is 5.94. The highest BCUT2D eigenvalue weighted by Gasteiger charge is 2.34. The molecule has 0 bridgehead atoms. The van der Waals surface area contributed by atoms with Crippen LogP contribution in [0.25, 0.3) is 6.08 Å². The largest absolute Gasteiger partial charge is 0.369 e. The number of anilines is 1. The van der Waals surface area contributed by atoms with Gasteiger partial charge in [0, 0.05) is 18.3 Å². The van der Waals surface area contributed by atoms with Gasteiger partial charge in [-0.05, 0) is 85.8 Å². The van der Waals surface area contributed by atoms with Gasteiger partial charge in [-0.25, -0.2) is 4.99 Å². The lowest BCUT2D eigenvalue weighted by molar-refractivity contribution is -0.115. The number of para-hydroxylation sites is 1. The minimum absolute atomic E-state index is 0.0913.